The second kappa shape index (κ2) is 5.03. The standard InChI is InChI=1S/C9H10N2O2/c1-2-13-9(12)4-3-8-7-10-5-6-11-8/h3-7H,2H2,1H3. The quantitative estimate of drug-likeness (QED) is 0.513. The van der Waals surface area contributed by atoms with Gasteiger partial charge in [0.15, 0.2) is 0 Å². The second-order valence-electron chi connectivity index (χ2n) is 2.22. The summed E-state index contributed by atoms with van der Waals surface area (Å²) in [5.41, 5.74) is 0.635. The summed E-state index contributed by atoms with van der Waals surface area (Å²) in [7, 11) is 0. The highest BCUT2D eigenvalue weighted by atomic mass is 16.5. The Morgan fingerprint density at radius 3 is 3.08 bits per heavy atom. The van der Waals surface area contributed by atoms with Crippen LogP contribution in [-0.2, 0) is 9.53 Å². The molecule has 0 aliphatic rings. The fourth-order valence-corrected chi connectivity index (χ4v) is 0.740. The molecule has 0 N–H and O–H groups in total. The van der Waals surface area contributed by atoms with E-state index < -0.39 is 0 Å². The summed E-state index contributed by atoms with van der Waals surface area (Å²) in [6, 6.07) is 0. The van der Waals surface area contributed by atoms with E-state index in [9.17, 15) is 4.79 Å². The number of aromatic nitrogens is 2. The van der Waals surface area contributed by atoms with Crippen LogP contribution in [0.4, 0.5) is 0 Å². The van der Waals surface area contributed by atoms with Crippen LogP contribution < -0.4 is 0 Å². The minimum absolute atomic E-state index is 0.367. The number of carbonyl (C=O) groups excluding carboxylic acids is 1. The van der Waals surface area contributed by atoms with E-state index in [0.29, 0.717) is 12.3 Å². The monoisotopic (exact) mass is 178 g/mol. The summed E-state index contributed by atoms with van der Waals surface area (Å²) in [4.78, 5) is 18.7. The number of nitrogens with zero attached hydrogens (tertiary/aromatic N) is 2. The maximum Gasteiger partial charge on any atom is 0.330 e. The van der Waals surface area contributed by atoms with Gasteiger partial charge in [0.25, 0.3) is 0 Å². The smallest absolute Gasteiger partial charge is 0.330 e. The molecule has 0 unspecified atom stereocenters. The Balaban J connectivity index is 2.54. The van der Waals surface area contributed by atoms with Gasteiger partial charge in [-0.1, -0.05) is 0 Å². The molecule has 0 fully saturated rings. The van der Waals surface area contributed by atoms with Crippen molar-refractivity contribution in [3.63, 3.8) is 0 Å². The van der Waals surface area contributed by atoms with Gasteiger partial charge in [-0.15, -0.1) is 0 Å². The molecule has 4 heteroatoms. The number of hydrogen-bond donors (Lipinski definition) is 0. The summed E-state index contributed by atoms with van der Waals surface area (Å²) in [5.74, 6) is -0.367. The van der Waals surface area contributed by atoms with Gasteiger partial charge in [-0.2, -0.15) is 0 Å². The topological polar surface area (TPSA) is 52.1 Å². The predicted molar refractivity (Wildman–Crippen MR) is 47.7 cm³/mol. The Bertz CT molecular complexity index is 296. The number of hydrogen-bond acceptors (Lipinski definition) is 4. The Hall–Kier alpha value is -1.71. The molecule has 0 atom stereocenters. The summed E-state index contributed by atoms with van der Waals surface area (Å²) < 4.78 is 4.69. The fourth-order valence-electron chi connectivity index (χ4n) is 0.740. The molecule has 13 heavy (non-hydrogen) atoms. The lowest BCUT2D eigenvalue weighted by atomic mass is 10.4. The van der Waals surface area contributed by atoms with Crippen LogP contribution in [0.2, 0.25) is 0 Å². The minimum atomic E-state index is -0.367. The van der Waals surface area contributed by atoms with Crippen LogP contribution in [0.15, 0.2) is 24.7 Å². The molecule has 0 bridgehead atoms. The lowest BCUT2D eigenvalue weighted by Crippen LogP contribution is -1.98. The Morgan fingerprint density at radius 1 is 1.62 bits per heavy atom. The zero-order valence-corrected chi connectivity index (χ0v) is 7.30. The van der Waals surface area contributed by atoms with E-state index in [1.807, 2.05) is 0 Å². The molecule has 0 aromatic carbocycles. The van der Waals surface area contributed by atoms with Crippen LogP contribution in [0, 0.1) is 0 Å². The van der Waals surface area contributed by atoms with Gasteiger partial charge >= 0.3 is 5.97 Å². The average Bonchev–Trinajstić information content (AvgIpc) is 2.17. The molecule has 0 spiro atoms. The van der Waals surface area contributed by atoms with Gasteiger partial charge in [0.05, 0.1) is 18.5 Å². The molecule has 0 aliphatic carbocycles. The summed E-state index contributed by atoms with van der Waals surface area (Å²) in [6.07, 6.45) is 7.58. The van der Waals surface area contributed by atoms with E-state index in [4.69, 9.17) is 0 Å². The number of rotatable bonds is 3. The third-order valence-electron chi connectivity index (χ3n) is 1.26. The van der Waals surface area contributed by atoms with Gasteiger partial charge in [-0.25, -0.2) is 4.79 Å². The molecule has 1 aromatic rings. The first-order chi connectivity index (χ1) is 6.33. The molecule has 4 nitrogen and oxygen atoms in total. The molecule has 0 radical (unpaired) electrons. The lowest BCUT2D eigenvalue weighted by molar-refractivity contribution is -0.137. The highest BCUT2D eigenvalue weighted by Crippen LogP contribution is 1.94. The van der Waals surface area contributed by atoms with E-state index in [2.05, 4.69) is 14.7 Å². The van der Waals surface area contributed by atoms with Gasteiger partial charge in [0.2, 0.25) is 0 Å². The van der Waals surface area contributed by atoms with Crippen LogP contribution in [0.5, 0.6) is 0 Å². The second-order valence-corrected chi connectivity index (χ2v) is 2.22. The Morgan fingerprint density at radius 2 is 2.46 bits per heavy atom. The first-order valence-corrected chi connectivity index (χ1v) is 3.93. The molecule has 1 rings (SSSR count). The summed E-state index contributed by atoms with van der Waals surface area (Å²) in [6.45, 7) is 2.14. The molecule has 68 valence electrons. The molecule has 0 saturated heterocycles. The molecule has 0 aliphatic heterocycles. The van der Waals surface area contributed by atoms with Gasteiger partial charge < -0.3 is 4.74 Å². The molecular weight excluding hydrogens is 168 g/mol. The third-order valence-corrected chi connectivity index (χ3v) is 1.26. The van der Waals surface area contributed by atoms with Crippen LogP contribution in [0.3, 0.4) is 0 Å². The molecule has 1 heterocycles. The van der Waals surface area contributed by atoms with Crippen molar-refractivity contribution in [3.05, 3.63) is 30.4 Å². The van der Waals surface area contributed by atoms with Crippen LogP contribution in [0.25, 0.3) is 6.08 Å². The van der Waals surface area contributed by atoms with Crippen molar-refractivity contribution in [3.8, 4) is 0 Å². The van der Waals surface area contributed by atoms with Crippen LogP contribution in [0.1, 0.15) is 12.6 Å². The predicted octanol–water partition coefficient (Wildman–Crippen LogP) is 1.05. The van der Waals surface area contributed by atoms with E-state index >= 15 is 0 Å². The highest BCUT2D eigenvalue weighted by Gasteiger charge is 1.93. The van der Waals surface area contributed by atoms with E-state index in [-0.39, 0.29) is 5.97 Å². The highest BCUT2D eigenvalue weighted by molar-refractivity contribution is 5.86. The summed E-state index contributed by atoms with van der Waals surface area (Å²) in [5, 5.41) is 0. The van der Waals surface area contributed by atoms with Crippen molar-refractivity contribution < 1.29 is 9.53 Å². The normalized spacial score (nSPS) is 10.2. The SMILES string of the molecule is CCOC(=O)C=Cc1cnccn1. The zero-order chi connectivity index (χ0) is 9.52. The Kier molecular flexibility index (Phi) is 3.63. The van der Waals surface area contributed by atoms with Gasteiger partial charge in [0, 0.05) is 18.5 Å². The molecule has 0 amide bonds. The van der Waals surface area contributed by atoms with Crippen molar-refractivity contribution >= 4 is 12.0 Å². The number of esters is 1. The lowest BCUT2D eigenvalue weighted by Gasteiger charge is -1.93. The maximum atomic E-state index is 10.9. The van der Waals surface area contributed by atoms with E-state index in [1.165, 1.54) is 6.08 Å². The fraction of sp³-hybridized carbons (Fsp3) is 0.222. The largest absolute Gasteiger partial charge is 0.463 e. The van der Waals surface area contributed by atoms with Gasteiger partial charge in [-0.3, -0.25) is 9.97 Å². The van der Waals surface area contributed by atoms with E-state index in [0.717, 1.165) is 0 Å². The number of ether oxygens (including phenoxy) is 1. The molecule has 1 aromatic heterocycles. The van der Waals surface area contributed by atoms with Crippen molar-refractivity contribution in [2.24, 2.45) is 0 Å². The average molecular weight is 178 g/mol. The molecule has 0 saturated carbocycles. The maximum absolute atomic E-state index is 10.9. The van der Waals surface area contributed by atoms with Crippen LogP contribution in [-0.4, -0.2) is 22.5 Å². The summed E-state index contributed by atoms with van der Waals surface area (Å²) >= 11 is 0. The van der Waals surface area contributed by atoms with Crippen molar-refractivity contribution in [1.82, 2.24) is 9.97 Å². The number of carbonyl (C=O) groups is 1. The first kappa shape index (κ1) is 9.38. The van der Waals surface area contributed by atoms with E-state index in [1.54, 1.807) is 31.6 Å². The van der Waals surface area contributed by atoms with Gasteiger partial charge in [0.1, 0.15) is 0 Å². The zero-order valence-electron chi connectivity index (χ0n) is 7.30. The minimum Gasteiger partial charge on any atom is -0.463 e. The molecular formula is C9H10N2O2. The van der Waals surface area contributed by atoms with Crippen molar-refractivity contribution in [2.75, 3.05) is 6.61 Å². The first-order valence-electron chi connectivity index (χ1n) is 3.93. The van der Waals surface area contributed by atoms with Gasteiger partial charge in [-0.05, 0) is 13.0 Å². The third kappa shape index (κ3) is 3.46. The van der Waals surface area contributed by atoms with Crippen LogP contribution >= 0.6 is 0 Å². The van der Waals surface area contributed by atoms with Crippen molar-refractivity contribution in [2.45, 2.75) is 6.92 Å². The van der Waals surface area contributed by atoms with Crippen molar-refractivity contribution in [1.29, 1.82) is 0 Å². The Labute approximate surface area is 76.3 Å².